The van der Waals surface area contributed by atoms with Crippen molar-refractivity contribution in [2.75, 3.05) is 13.1 Å². The molecule has 1 fully saturated rings. The van der Waals surface area contributed by atoms with E-state index in [1.54, 1.807) is 17.2 Å². The highest BCUT2D eigenvalue weighted by Crippen LogP contribution is 2.26. The minimum atomic E-state index is -0.133. The summed E-state index contributed by atoms with van der Waals surface area (Å²) in [6, 6.07) is 11.5. The van der Waals surface area contributed by atoms with Crippen LogP contribution in [0.25, 0.3) is 0 Å². The number of nitrogens with zero attached hydrogens (tertiary/aromatic N) is 1. The molecule has 1 aromatic carbocycles. The van der Waals surface area contributed by atoms with Crippen molar-refractivity contribution in [3.63, 3.8) is 0 Å². The van der Waals surface area contributed by atoms with Crippen molar-refractivity contribution < 1.29 is 14.3 Å². The Kier molecular flexibility index (Phi) is 4.30. The summed E-state index contributed by atoms with van der Waals surface area (Å²) < 4.78 is 5.97. The van der Waals surface area contributed by atoms with Crippen LogP contribution in [-0.4, -0.2) is 40.8 Å². The minimum absolute atomic E-state index is 0.0415. The summed E-state index contributed by atoms with van der Waals surface area (Å²) >= 11 is 0. The van der Waals surface area contributed by atoms with Gasteiger partial charge in [0, 0.05) is 18.3 Å². The van der Waals surface area contributed by atoms with Gasteiger partial charge < -0.3 is 14.6 Å². The highest BCUT2D eigenvalue weighted by atomic mass is 16.5. The van der Waals surface area contributed by atoms with Crippen LogP contribution in [-0.2, 0) is 4.74 Å². The zero-order valence-corrected chi connectivity index (χ0v) is 13.3. The second kappa shape index (κ2) is 6.38. The maximum absolute atomic E-state index is 12.7. The Morgan fingerprint density at radius 3 is 2.61 bits per heavy atom. The smallest absolute Gasteiger partial charge is 0.270 e. The lowest BCUT2D eigenvalue weighted by atomic mass is 10.1. The average Bonchev–Trinajstić information content (AvgIpc) is 3.04. The monoisotopic (exact) mass is 312 g/mol. The highest BCUT2D eigenvalue weighted by molar-refractivity contribution is 5.99. The quantitative estimate of drug-likeness (QED) is 0.887. The van der Waals surface area contributed by atoms with Crippen LogP contribution >= 0.6 is 0 Å². The number of H-pyrrole nitrogens is 1. The molecule has 3 rings (SSSR count). The average molecular weight is 312 g/mol. The summed E-state index contributed by atoms with van der Waals surface area (Å²) in [5.41, 5.74) is 2.03. The van der Waals surface area contributed by atoms with Gasteiger partial charge in [-0.3, -0.25) is 9.59 Å². The number of benzene rings is 1. The fraction of sp³-hybridized carbons (Fsp3) is 0.333. The molecule has 2 aromatic rings. The molecule has 1 N–H and O–H groups in total. The number of aromatic nitrogens is 1. The fourth-order valence-corrected chi connectivity index (χ4v) is 2.86. The topological polar surface area (TPSA) is 62.4 Å². The van der Waals surface area contributed by atoms with Gasteiger partial charge in [0.05, 0.1) is 12.6 Å². The Balaban J connectivity index is 1.78. The van der Waals surface area contributed by atoms with E-state index in [2.05, 4.69) is 4.98 Å². The Hall–Kier alpha value is -2.40. The lowest BCUT2D eigenvalue weighted by Crippen LogP contribution is -2.46. The molecule has 23 heavy (non-hydrogen) atoms. The Morgan fingerprint density at radius 1 is 1.22 bits per heavy atom. The van der Waals surface area contributed by atoms with Gasteiger partial charge >= 0.3 is 0 Å². The number of hydrogen-bond donors (Lipinski definition) is 1. The summed E-state index contributed by atoms with van der Waals surface area (Å²) in [5, 5.41) is 0. The van der Waals surface area contributed by atoms with E-state index < -0.39 is 0 Å². The second-order valence-corrected chi connectivity index (χ2v) is 5.91. The van der Waals surface area contributed by atoms with Crippen LogP contribution in [0.5, 0.6) is 0 Å². The number of carbonyl (C=O) groups excluding carboxylic acids is 2. The largest absolute Gasteiger partial charge is 0.367 e. The van der Waals surface area contributed by atoms with Crippen molar-refractivity contribution in [3.8, 4) is 0 Å². The van der Waals surface area contributed by atoms with Gasteiger partial charge in [0.25, 0.3) is 5.91 Å². The van der Waals surface area contributed by atoms with Crippen LogP contribution in [0.2, 0.25) is 0 Å². The number of Topliss-reactive ketones (excluding diaryl/α,β-unsaturated/α-hetero) is 1. The number of rotatable bonds is 3. The number of hydrogen-bond acceptors (Lipinski definition) is 3. The van der Waals surface area contributed by atoms with Crippen LogP contribution in [0.3, 0.4) is 0 Å². The molecule has 1 aromatic heterocycles. The van der Waals surface area contributed by atoms with Gasteiger partial charge in [0.1, 0.15) is 11.8 Å². The number of ketones is 1. The number of amides is 1. The Labute approximate surface area is 135 Å². The van der Waals surface area contributed by atoms with Gasteiger partial charge in [0.2, 0.25) is 0 Å². The van der Waals surface area contributed by atoms with Crippen molar-refractivity contribution in [2.24, 2.45) is 0 Å². The molecule has 5 heteroatoms. The first-order chi connectivity index (χ1) is 11.0. The van der Waals surface area contributed by atoms with Crippen molar-refractivity contribution in [2.45, 2.75) is 26.1 Å². The molecule has 1 aliphatic rings. The van der Waals surface area contributed by atoms with Gasteiger partial charge in [-0.15, -0.1) is 0 Å². The first kappa shape index (κ1) is 15.5. The molecule has 0 radical (unpaired) electrons. The molecular weight excluding hydrogens is 292 g/mol. The maximum Gasteiger partial charge on any atom is 0.270 e. The predicted octanol–water partition coefficient (Wildman–Crippen LogP) is 2.82. The molecule has 5 nitrogen and oxygen atoms in total. The van der Waals surface area contributed by atoms with Crippen LogP contribution in [0.15, 0.2) is 42.6 Å². The fourth-order valence-electron chi connectivity index (χ4n) is 2.86. The molecule has 2 unspecified atom stereocenters. The molecule has 1 aliphatic heterocycles. The van der Waals surface area contributed by atoms with Crippen LogP contribution in [0, 0.1) is 0 Å². The van der Waals surface area contributed by atoms with Gasteiger partial charge in [-0.25, -0.2) is 0 Å². The van der Waals surface area contributed by atoms with E-state index in [0.717, 1.165) is 5.56 Å². The summed E-state index contributed by atoms with van der Waals surface area (Å²) in [6.07, 6.45) is 1.40. The third-order valence-electron chi connectivity index (χ3n) is 4.04. The first-order valence-electron chi connectivity index (χ1n) is 7.73. The van der Waals surface area contributed by atoms with Crippen LogP contribution < -0.4 is 0 Å². The zero-order chi connectivity index (χ0) is 16.4. The molecule has 0 aliphatic carbocycles. The summed E-state index contributed by atoms with van der Waals surface area (Å²) in [5.74, 6) is -0.161. The van der Waals surface area contributed by atoms with E-state index in [-0.39, 0.29) is 23.9 Å². The molecule has 1 saturated heterocycles. The van der Waals surface area contributed by atoms with Crippen molar-refractivity contribution in [1.82, 2.24) is 9.88 Å². The third-order valence-corrected chi connectivity index (χ3v) is 4.04. The van der Waals surface area contributed by atoms with E-state index in [1.807, 2.05) is 37.3 Å². The normalized spacial score (nSPS) is 21.2. The molecule has 0 saturated carbocycles. The van der Waals surface area contributed by atoms with Gasteiger partial charge in [-0.05, 0) is 25.5 Å². The maximum atomic E-state index is 12.7. The minimum Gasteiger partial charge on any atom is -0.367 e. The zero-order valence-electron chi connectivity index (χ0n) is 13.3. The van der Waals surface area contributed by atoms with E-state index in [4.69, 9.17) is 4.74 Å². The lowest BCUT2D eigenvalue weighted by molar-refractivity contribution is -0.0692. The van der Waals surface area contributed by atoms with Crippen molar-refractivity contribution >= 4 is 11.7 Å². The molecule has 0 spiro atoms. The van der Waals surface area contributed by atoms with Crippen LogP contribution in [0.1, 0.15) is 46.4 Å². The summed E-state index contributed by atoms with van der Waals surface area (Å²) in [6.45, 7) is 4.49. The Morgan fingerprint density at radius 2 is 1.96 bits per heavy atom. The summed E-state index contributed by atoms with van der Waals surface area (Å²) in [7, 11) is 0. The first-order valence-corrected chi connectivity index (χ1v) is 7.73. The SMILES string of the molecule is CC(=O)c1c[nH]c(C(=O)N2CC(C)OC(c3ccccc3)C2)c1. The highest BCUT2D eigenvalue weighted by Gasteiger charge is 2.30. The predicted molar refractivity (Wildman–Crippen MR) is 86.4 cm³/mol. The number of aromatic amines is 1. The molecular formula is C18H20N2O3. The van der Waals surface area contributed by atoms with Gasteiger partial charge in [-0.1, -0.05) is 30.3 Å². The Bertz CT molecular complexity index is 708. The lowest BCUT2D eigenvalue weighted by Gasteiger charge is -2.36. The molecule has 2 heterocycles. The van der Waals surface area contributed by atoms with Crippen molar-refractivity contribution in [3.05, 3.63) is 59.4 Å². The van der Waals surface area contributed by atoms with Crippen LogP contribution in [0.4, 0.5) is 0 Å². The van der Waals surface area contributed by atoms with Gasteiger partial charge in [-0.2, -0.15) is 0 Å². The van der Waals surface area contributed by atoms with E-state index in [0.29, 0.717) is 24.3 Å². The number of nitrogens with one attached hydrogen (secondary N) is 1. The molecule has 2 atom stereocenters. The van der Waals surface area contributed by atoms with E-state index in [9.17, 15) is 9.59 Å². The third kappa shape index (κ3) is 3.35. The molecule has 1 amide bonds. The second-order valence-electron chi connectivity index (χ2n) is 5.91. The summed E-state index contributed by atoms with van der Waals surface area (Å²) in [4.78, 5) is 28.7. The van der Waals surface area contributed by atoms with E-state index in [1.165, 1.54) is 6.92 Å². The van der Waals surface area contributed by atoms with E-state index >= 15 is 0 Å². The van der Waals surface area contributed by atoms with Gasteiger partial charge in [0.15, 0.2) is 5.78 Å². The number of ether oxygens (including phenoxy) is 1. The molecule has 120 valence electrons. The van der Waals surface area contributed by atoms with Crippen molar-refractivity contribution in [1.29, 1.82) is 0 Å². The number of carbonyl (C=O) groups is 2. The number of morpholine rings is 1. The molecule has 0 bridgehead atoms. The standard InChI is InChI=1S/C18H20N2O3/c1-12-10-20(11-17(23-12)14-6-4-3-5-7-14)18(22)16-8-15(9-19-16)13(2)21/h3-9,12,17,19H,10-11H2,1-2H3.